The van der Waals surface area contributed by atoms with Crippen LogP contribution in [0.3, 0.4) is 0 Å². The lowest BCUT2D eigenvalue weighted by Crippen LogP contribution is -2.44. The lowest BCUT2D eigenvalue weighted by molar-refractivity contribution is -0.146. The molecule has 0 aliphatic carbocycles. The largest absolute Gasteiger partial charge is 0.481 e. The highest BCUT2D eigenvalue weighted by Gasteiger charge is 2.40. The molecule has 1 aromatic carbocycles. The first-order valence-corrected chi connectivity index (χ1v) is 8.86. The second-order valence-corrected chi connectivity index (χ2v) is 7.46. The topological polar surface area (TPSA) is 94.9 Å². The molecule has 6 nitrogen and oxygen atoms in total. The Hall–Kier alpha value is -1.61. The highest BCUT2D eigenvalue weighted by molar-refractivity contribution is 8.26. The summed E-state index contributed by atoms with van der Waals surface area (Å²) in [5.74, 6) is -3.10. The Morgan fingerprint density at radius 3 is 2.40 bits per heavy atom. The number of aliphatic carboxylic acids is 2. The molecule has 10 heteroatoms. The molecule has 1 fully saturated rings. The Labute approximate surface area is 162 Å². The van der Waals surface area contributed by atoms with E-state index >= 15 is 0 Å². The molecule has 1 saturated heterocycles. The zero-order valence-corrected chi connectivity index (χ0v) is 15.6. The molecule has 1 aliphatic heterocycles. The molecule has 2 N–H and O–H groups in total. The third-order valence-corrected chi connectivity index (χ3v) is 5.32. The predicted molar refractivity (Wildman–Crippen MR) is 99.8 cm³/mol. The summed E-state index contributed by atoms with van der Waals surface area (Å²) in [5, 5.41) is 18.7. The molecule has 25 heavy (non-hydrogen) atoms. The molecule has 0 radical (unpaired) electrons. The molecule has 1 amide bonds. The number of hydrogen-bond acceptors (Lipinski definition) is 5. The summed E-state index contributed by atoms with van der Waals surface area (Å²) in [6.07, 6.45) is 0.792. The number of thioether (sulfide) groups is 1. The first-order chi connectivity index (χ1) is 11.7. The van der Waals surface area contributed by atoms with Gasteiger partial charge in [-0.2, -0.15) is 0 Å². The number of thiocarbonyl (C=S) groups is 1. The van der Waals surface area contributed by atoms with Gasteiger partial charge >= 0.3 is 11.9 Å². The zero-order valence-electron chi connectivity index (χ0n) is 12.4. The fourth-order valence-corrected chi connectivity index (χ4v) is 4.00. The standard InChI is InChI=1S/C15H11Cl2NO5S2/c16-8-2-1-3-9(17)7(8)6-11-13(21)18(15(24)25-11)10(14(22)23)4-5-12(19)20/h1-3,6,10H,4-5H2,(H,19,20)(H,22,23)/b11-6-/t10-/m1/s1. The van der Waals surface area contributed by atoms with Crippen LogP contribution in [-0.4, -0.2) is 43.3 Å². The second kappa shape index (κ2) is 8.18. The van der Waals surface area contributed by atoms with E-state index in [4.69, 9.17) is 40.5 Å². The second-order valence-electron chi connectivity index (χ2n) is 4.97. The van der Waals surface area contributed by atoms with Crippen molar-refractivity contribution in [1.29, 1.82) is 0 Å². The van der Waals surface area contributed by atoms with Crippen molar-refractivity contribution in [3.8, 4) is 0 Å². The van der Waals surface area contributed by atoms with E-state index in [-0.39, 0.29) is 15.6 Å². The number of carbonyl (C=O) groups excluding carboxylic acids is 1. The molecule has 0 aromatic heterocycles. The van der Waals surface area contributed by atoms with E-state index in [0.29, 0.717) is 15.6 Å². The molecule has 132 valence electrons. The number of carboxylic acids is 2. The van der Waals surface area contributed by atoms with Crippen LogP contribution in [0.2, 0.25) is 10.0 Å². The van der Waals surface area contributed by atoms with Gasteiger partial charge in [-0.3, -0.25) is 14.5 Å². The van der Waals surface area contributed by atoms with Crippen molar-refractivity contribution in [3.63, 3.8) is 0 Å². The van der Waals surface area contributed by atoms with Crippen LogP contribution in [0, 0.1) is 0 Å². The van der Waals surface area contributed by atoms with E-state index in [1.54, 1.807) is 18.2 Å². The Morgan fingerprint density at radius 2 is 1.88 bits per heavy atom. The van der Waals surface area contributed by atoms with Gasteiger partial charge in [-0.15, -0.1) is 0 Å². The number of carbonyl (C=O) groups is 3. The molecule has 1 heterocycles. The Kier molecular flexibility index (Phi) is 6.45. The van der Waals surface area contributed by atoms with Crippen LogP contribution in [0.5, 0.6) is 0 Å². The Balaban J connectivity index is 2.34. The third-order valence-electron chi connectivity index (χ3n) is 3.33. The molecule has 0 bridgehead atoms. The maximum atomic E-state index is 12.6. The minimum Gasteiger partial charge on any atom is -0.481 e. The molecule has 0 spiro atoms. The summed E-state index contributed by atoms with van der Waals surface area (Å²) >= 11 is 18.2. The van der Waals surface area contributed by atoms with Crippen LogP contribution >= 0.6 is 47.2 Å². The molecular formula is C15H11Cl2NO5S2. The third kappa shape index (κ3) is 4.52. The molecule has 1 atom stereocenters. The molecule has 1 aliphatic rings. The van der Waals surface area contributed by atoms with Gasteiger partial charge in [0.1, 0.15) is 10.4 Å². The molecule has 1 aromatic rings. The van der Waals surface area contributed by atoms with Gasteiger partial charge in [-0.25, -0.2) is 4.79 Å². The fraction of sp³-hybridized carbons (Fsp3) is 0.200. The van der Waals surface area contributed by atoms with Gasteiger partial charge in [0, 0.05) is 22.0 Å². The van der Waals surface area contributed by atoms with E-state index in [2.05, 4.69) is 0 Å². The van der Waals surface area contributed by atoms with E-state index in [9.17, 15) is 19.5 Å². The molecular weight excluding hydrogens is 409 g/mol. The average Bonchev–Trinajstić information content (AvgIpc) is 2.78. The van der Waals surface area contributed by atoms with E-state index in [1.807, 2.05) is 0 Å². The van der Waals surface area contributed by atoms with Crippen LogP contribution in [0.25, 0.3) is 6.08 Å². The number of halogens is 2. The maximum absolute atomic E-state index is 12.6. The van der Waals surface area contributed by atoms with Crippen LogP contribution in [0.4, 0.5) is 0 Å². The van der Waals surface area contributed by atoms with Gasteiger partial charge in [-0.05, 0) is 24.6 Å². The predicted octanol–water partition coefficient (Wildman–Crippen LogP) is 3.51. The highest BCUT2D eigenvalue weighted by atomic mass is 35.5. The van der Waals surface area contributed by atoms with Gasteiger partial charge in [0.15, 0.2) is 0 Å². The fourth-order valence-electron chi connectivity index (χ4n) is 2.15. The van der Waals surface area contributed by atoms with Gasteiger partial charge in [-0.1, -0.05) is 53.2 Å². The number of hydrogen-bond donors (Lipinski definition) is 2. The molecule has 0 unspecified atom stereocenters. The first kappa shape index (κ1) is 19.7. The normalized spacial score (nSPS) is 17.2. The van der Waals surface area contributed by atoms with Crippen molar-refractivity contribution >= 4 is 75.4 Å². The van der Waals surface area contributed by atoms with Crippen molar-refractivity contribution in [3.05, 3.63) is 38.7 Å². The number of benzene rings is 1. The maximum Gasteiger partial charge on any atom is 0.326 e. The summed E-state index contributed by atoms with van der Waals surface area (Å²) in [6.45, 7) is 0. The zero-order chi connectivity index (χ0) is 18.7. The number of carboxylic acid groups (broad SMARTS) is 2. The van der Waals surface area contributed by atoms with Crippen molar-refractivity contribution in [2.75, 3.05) is 0 Å². The van der Waals surface area contributed by atoms with Crippen molar-refractivity contribution in [2.24, 2.45) is 0 Å². The SMILES string of the molecule is O=C(O)CC[C@H](C(=O)O)N1C(=O)/C(=C/c2c(Cl)cccc2Cl)SC1=S. The molecule has 0 saturated carbocycles. The van der Waals surface area contributed by atoms with Crippen molar-refractivity contribution in [2.45, 2.75) is 18.9 Å². The van der Waals surface area contributed by atoms with Crippen LogP contribution in [0.15, 0.2) is 23.1 Å². The van der Waals surface area contributed by atoms with Gasteiger partial charge in [0.2, 0.25) is 0 Å². The summed E-state index contributed by atoms with van der Waals surface area (Å²) in [6, 6.07) is 3.51. The first-order valence-electron chi connectivity index (χ1n) is 6.88. The summed E-state index contributed by atoms with van der Waals surface area (Å²) in [7, 11) is 0. The van der Waals surface area contributed by atoms with Crippen LogP contribution in [-0.2, 0) is 14.4 Å². The number of rotatable bonds is 6. The van der Waals surface area contributed by atoms with Gasteiger partial charge < -0.3 is 10.2 Å². The Morgan fingerprint density at radius 1 is 1.28 bits per heavy atom. The quantitative estimate of drug-likeness (QED) is 0.537. The average molecular weight is 420 g/mol. The highest BCUT2D eigenvalue weighted by Crippen LogP contribution is 2.37. The minimum absolute atomic E-state index is 0.0391. The van der Waals surface area contributed by atoms with Gasteiger partial charge in [0.05, 0.1) is 4.91 Å². The summed E-state index contributed by atoms with van der Waals surface area (Å²) in [4.78, 5) is 35.8. The van der Waals surface area contributed by atoms with Crippen molar-refractivity contribution < 1.29 is 24.6 Å². The van der Waals surface area contributed by atoms with E-state index in [0.717, 1.165) is 16.7 Å². The lowest BCUT2D eigenvalue weighted by Gasteiger charge is -2.22. The van der Waals surface area contributed by atoms with E-state index < -0.39 is 30.3 Å². The number of amides is 1. The smallest absolute Gasteiger partial charge is 0.326 e. The van der Waals surface area contributed by atoms with Crippen molar-refractivity contribution in [1.82, 2.24) is 4.90 Å². The monoisotopic (exact) mass is 419 g/mol. The van der Waals surface area contributed by atoms with Crippen LogP contribution in [0.1, 0.15) is 18.4 Å². The summed E-state index contributed by atoms with van der Waals surface area (Å²) < 4.78 is 0.0391. The van der Waals surface area contributed by atoms with Crippen LogP contribution < -0.4 is 0 Å². The number of nitrogens with zero attached hydrogens (tertiary/aromatic N) is 1. The minimum atomic E-state index is -1.35. The molecule has 2 rings (SSSR count). The Bertz CT molecular complexity index is 776. The summed E-state index contributed by atoms with van der Waals surface area (Å²) in [5.41, 5.74) is 0.420. The van der Waals surface area contributed by atoms with Gasteiger partial charge in [0.25, 0.3) is 5.91 Å². The van der Waals surface area contributed by atoms with E-state index in [1.165, 1.54) is 6.08 Å². The lowest BCUT2D eigenvalue weighted by atomic mass is 10.1.